The molecular weight excluding hydrogens is 252 g/mol. The molecule has 6 heteroatoms. The summed E-state index contributed by atoms with van der Waals surface area (Å²) in [4.78, 5) is 10.4. The van der Waals surface area contributed by atoms with Gasteiger partial charge in [0, 0.05) is 46.2 Å². The average Bonchev–Trinajstić information content (AvgIpc) is 2.29. The van der Waals surface area contributed by atoms with Gasteiger partial charge in [-0.25, -0.2) is 0 Å². The maximum absolute atomic E-state index is 11.0. The Hall–Kier alpha value is -1.43. The highest BCUT2D eigenvalue weighted by atomic mass is 32.2. The standard InChI is InChI=1S/C12H18N2O3S/c1-9(7-8-18(3)17)13-11-5-4-6-12(10(11)2)14(15)16/h4-6,9,13H,7-8H2,1-3H3. The van der Waals surface area contributed by atoms with Crippen molar-refractivity contribution in [1.82, 2.24) is 0 Å². The van der Waals surface area contributed by atoms with Crippen LogP contribution in [0.2, 0.25) is 0 Å². The summed E-state index contributed by atoms with van der Waals surface area (Å²) in [6, 6.07) is 5.11. The zero-order valence-corrected chi connectivity index (χ0v) is 11.6. The minimum atomic E-state index is -0.809. The molecule has 100 valence electrons. The van der Waals surface area contributed by atoms with Crippen LogP contribution in [-0.4, -0.2) is 27.2 Å². The van der Waals surface area contributed by atoms with E-state index >= 15 is 0 Å². The van der Waals surface area contributed by atoms with Crippen LogP contribution in [0.4, 0.5) is 11.4 Å². The maximum Gasteiger partial charge on any atom is 0.274 e. The molecule has 1 rings (SSSR count). The molecule has 0 bridgehead atoms. The molecule has 2 unspecified atom stereocenters. The van der Waals surface area contributed by atoms with Crippen LogP contribution in [-0.2, 0) is 10.8 Å². The Morgan fingerprint density at radius 2 is 2.17 bits per heavy atom. The van der Waals surface area contributed by atoms with E-state index in [9.17, 15) is 14.3 Å². The van der Waals surface area contributed by atoms with Crippen LogP contribution in [0, 0.1) is 17.0 Å². The molecule has 0 aliphatic heterocycles. The fourth-order valence-electron chi connectivity index (χ4n) is 1.66. The first-order valence-electron chi connectivity index (χ1n) is 5.72. The van der Waals surface area contributed by atoms with Crippen molar-refractivity contribution >= 4 is 22.2 Å². The normalized spacial score (nSPS) is 13.9. The molecule has 18 heavy (non-hydrogen) atoms. The van der Waals surface area contributed by atoms with E-state index in [1.165, 1.54) is 6.07 Å². The third kappa shape index (κ3) is 4.10. The molecule has 1 aromatic carbocycles. The van der Waals surface area contributed by atoms with Gasteiger partial charge in [0.1, 0.15) is 0 Å². The van der Waals surface area contributed by atoms with Crippen molar-refractivity contribution in [2.75, 3.05) is 17.3 Å². The third-order valence-corrected chi connectivity index (χ3v) is 3.55. The SMILES string of the molecule is Cc1c(NC(C)CCS(C)=O)cccc1[N+](=O)[O-]. The fourth-order valence-corrected chi connectivity index (χ4v) is 2.34. The first kappa shape index (κ1) is 14.6. The Labute approximate surface area is 109 Å². The monoisotopic (exact) mass is 270 g/mol. The van der Waals surface area contributed by atoms with Crippen LogP contribution >= 0.6 is 0 Å². The highest BCUT2D eigenvalue weighted by molar-refractivity contribution is 7.84. The molecule has 1 N–H and O–H groups in total. The topological polar surface area (TPSA) is 72.2 Å². The number of rotatable bonds is 6. The highest BCUT2D eigenvalue weighted by Crippen LogP contribution is 2.25. The second-order valence-electron chi connectivity index (χ2n) is 4.32. The smallest absolute Gasteiger partial charge is 0.274 e. The lowest BCUT2D eigenvalue weighted by atomic mass is 10.1. The van der Waals surface area contributed by atoms with Crippen LogP contribution in [0.3, 0.4) is 0 Å². The third-order valence-electron chi connectivity index (χ3n) is 2.74. The second-order valence-corrected chi connectivity index (χ2v) is 5.87. The lowest BCUT2D eigenvalue weighted by molar-refractivity contribution is -0.385. The highest BCUT2D eigenvalue weighted by Gasteiger charge is 2.14. The zero-order valence-electron chi connectivity index (χ0n) is 10.8. The summed E-state index contributed by atoms with van der Waals surface area (Å²) in [7, 11) is -0.809. The van der Waals surface area contributed by atoms with Gasteiger partial charge in [0.25, 0.3) is 5.69 Å². The van der Waals surface area contributed by atoms with Crippen molar-refractivity contribution in [2.45, 2.75) is 26.3 Å². The molecule has 0 fully saturated rings. The van der Waals surface area contributed by atoms with Crippen molar-refractivity contribution in [1.29, 1.82) is 0 Å². The van der Waals surface area contributed by atoms with Crippen molar-refractivity contribution < 1.29 is 9.13 Å². The van der Waals surface area contributed by atoms with E-state index in [1.54, 1.807) is 19.2 Å². The second kappa shape index (κ2) is 6.49. The number of benzene rings is 1. The van der Waals surface area contributed by atoms with Crippen molar-refractivity contribution in [3.8, 4) is 0 Å². The van der Waals surface area contributed by atoms with Crippen LogP contribution in [0.15, 0.2) is 18.2 Å². The van der Waals surface area contributed by atoms with Gasteiger partial charge in [0.15, 0.2) is 0 Å². The number of nitrogens with one attached hydrogen (secondary N) is 1. The molecule has 0 saturated carbocycles. The number of anilines is 1. The Kier molecular flexibility index (Phi) is 5.27. The number of hydrogen-bond acceptors (Lipinski definition) is 4. The number of hydrogen-bond donors (Lipinski definition) is 1. The average molecular weight is 270 g/mol. The predicted molar refractivity (Wildman–Crippen MR) is 74.5 cm³/mol. The fraction of sp³-hybridized carbons (Fsp3) is 0.500. The van der Waals surface area contributed by atoms with Crippen molar-refractivity contribution in [3.05, 3.63) is 33.9 Å². The molecule has 0 aliphatic carbocycles. The van der Waals surface area contributed by atoms with Crippen molar-refractivity contribution in [2.24, 2.45) is 0 Å². The minimum absolute atomic E-state index is 0.117. The molecule has 0 heterocycles. The molecule has 1 aromatic rings. The Bertz CT molecular complexity index is 463. The van der Waals surface area contributed by atoms with Gasteiger partial charge in [-0.05, 0) is 26.3 Å². The Balaban J connectivity index is 2.75. The van der Waals surface area contributed by atoms with Crippen LogP contribution in [0.5, 0.6) is 0 Å². The van der Waals surface area contributed by atoms with Crippen LogP contribution in [0.1, 0.15) is 18.9 Å². The van der Waals surface area contributed by atoms with Crippen molar-refractivity contribution in [3.63, 3.8) is 0 Å². The summed E-state index contributed by atoms with van der Waals surface area (Å²) >= 11 is 0. The molecular formula is C12H18N2O3S. The van der Waals surface area contributed by atoms with Gasteiger partial charge >= 0.3 is 0 Å². The van der Waals surface area contributed by atoms with E-state index in [0.29, 0.717) is 11.3 Å². The molecule has 0 saturated heterocycles. The molecule has 5 nitrogen and oxygen atoms in total. The summed E-state index contributed by atoms with van der Waals surface area (Å²) in [5.74, 6) is 0.627. The van der Waals surface area contributed by atoms with Crippen LogP contribution < -0.4 is 5.32 Å². The quantitative estimate of drug-likeness (QED) is 0.636. The van der Waals surface area contributed by atoms with Gasteiger partial charge in [-0.3, -0.25) is 14.3 Å². The zero-order chi connectivity index (χ0) is 13.7. The van der Waals surface area contributed by atoms with E-state index in [1.807, 2.05) is 13.0 Å². The largest absolute Gasteiger partial charge is 0.382 e. The number of nitro groups is 1. The summed E-state index contributed by atoms with van der Waals surface area (Å²) in [5.41, 5.74) is 1.51. The minimum Gasteiger partial charge on any atom is -0.382 e. The summed E-state index contributed by atoms with van der Waals surface area (Å²) < 4.78 is 11.0. The van der Waals surface area contributed by atoms with E-state index in [-0.39, 0.29) is 16.7 Å². The maximum atomic E-state index is 11.0. The lowest BCUT2D eigenvalue weighted by Gasteiger charge is -2.16. The van der Waals surface area contributed by atoms with Gasteiger partial charge < -0.3 is 5.32 Å². The Morgan fingerprint density at radius 3 is 2.72 bits per heavy atom. The van der Waals surface area contributed by atoms with Gasteiger partial charge in [0.05, 0.1) is 4.92 Å². The predicted octanol–water partition coefficient (Wildman–Crippen LogP) is 2.47. The first-order valence-corrected chi connectivity index (χ1v) is 7.45. The number of nitrogens with zero attached hydrogens (tertiary/aromatic N) is 1. The summed E-state index contributed by atoms with van der Waals surface area (Å²) in [5, 5.41) is 14.0. The van der Waals surface area contributed by atoms with Gasteiger partial charge in [-0.1, -0.05) is 6.07 Å². The molecule has 0 amide bonds. The molecule has 0 spiro atoms. The van der Waals surface area contributed by atoms with E-state index in [2.05, 4.69) is 5.32 Å². The van der Waals surface area contributed by atoms with Gasteiger partial charge in [0.2, 0.25) is 0 Å². The Morgan fingerprint density at radius 1 is 1.50 bits per heavy atom. The summed E-state index contributed by atoms with van der Waals surface area (Å²) in [6.07, 6.45) is 2.44. The molecule has 0 radical (unpaired) electrons. The van der Waals surface area contributed by atoms with Crippen LogP contribution in [0.25, 0.3) is 0 Å². The van der Waals surface area contributed by atoms with Gasteiger partial charge in [-0.2, -0.15) is 0 Å². The van der Waals surface area contributed by atoms with E-state index < -0.39 is 10.8 Å². The summed E-state index contributed by atoms with van der Waals surface area (Å²) in [6.45, 7) is 3.70. The molecule has 2 atom stereocenters. The van der Waals surface area contributed by atoms with E-state index in [0.717, 1.165) is 12.1 Å². The van der Waals surface area contributed by atoms with E-state index in [4.69, 9.17) is 0 Å². The molecule has 0 aliphatic rings. The molecule has 0 aromatic heterocycles. The first-order chi connectivity index (χ1) is 8.41. The number of nitro benzene ring substituents is 1. The van der Waals surface area contributed by atoms with Gasteiger partial charge in [-0.15, -0.1) is 0 Å². The lowest BCUT2D eigenvalue weighted by Crippen LogP contribution is -2.18.